The number of benzene rings is 1. The Hall–Kier alpha value is -2.90. The number of carboxylic acids is 1. The largest absolute Gasteiger partial charge is 0.481 e. The van der Waals surface area contributed by atoms with Gasteiger partial charge in [0.15, 0.2) is 0 Å². The molecule has 1 amide bonds. The molecule has 3 rings (SSSR count). The van der Waals surface area contributed by atoms with Crippen molar-refractivity contribution in [3.05, 3.63) is 41.7 Å². The minimum absolute atomic E-state index is 0.0647. The highest BCUT2D eigenvalue weighted by atomic mass is 16.5. The van der Waals surface area contributed by atoms with Gasteiger partial charge < -0.3 is 9.84 Å². The van der Waals surface area contributed by atoms with Crippen molar-refractivity contribution < 1.29 is 19.4 Å². The lowest BCUT2D eigenvalue weighted by atomic mass is 10.1. The lowest BCUT2D eigenvalue weighted by Crippen LogP contribution is -2.14. The zero-order valence-corrected chi connectivity index (χ0v) is 13.3. The monoisotopic (exact) mass is 330 g/mol. The summed E-state index contributed by atoms with van der Waals surface area (Å²) < 4.78 is 5.08. The maximum Gasteiger partial charge on any atom is 0.414 e. The maximum atomic E-state index is 11.8. The van der Waals surface area contributed by atoms with Gasteiger partial charge in [-0.2, -0.15) is 4.98 Å². The van der Waals surface area contributed by atoms with Crippen molar-refractivity contribution in [1.29, 1.82) is 0 Å². The predicted molar refractivity (Wildman–Crippen MR) is 84.3 cm³/mol. The number of rotatable bonds is 5. The second-order valence-electron chi connectivity index (χ2n) is 6.35. The molecule has 0 aliphatic heterocycles. The Kier molecular flexibility index (Phi) is 3.96. The molecule has 1 heterocycles. The summed E-state index contributed by atoms with van der Waals surface area (Å²) >= 11 is 0. The van der Waals surface area contributed by atoms with E-state index in [2.05, 4.69) is 20.5 Å². The molecule has 0 unspecified atom stereocenters. The number of hydrogen-bond acceptors (Lipinski definition) is 5. The molecular formula is C16H18N4O4. The zero-order chi connectivity index (χ0) is 17.3. The van der Waals surface area contributed by atoms with Crippen LogP contribution >= 0.6 is 0 Å². The van der Waals surface area contributed by atoms with Gasteiger partial charge in [-0.3, -0.25) is 15.2 Å². The maximum absolute atomic E-state index is 11.8. The normalized spacial score (nSPS) is 21.1. The average Bonchev–Trinajstić information content (AvgIpc) is 2.89. The SMILES string of the molecule is CC1(C)[C@H](C(=O)O)[C@@H]1c1nc(NC(=O)OCc2ccccc2)n[nH]1. The number of aromatic nitrogens is 3. The molecule has 3 N–H and O–H groups in total. The van der Waals surface area contributed by atoms with Gasteiger partial charge in [-0.15, -0.1) is 5.10 Å². The van der Waals surface area contributed by atoms with Crippen molar-refractivity contribution >= 4 is 18.0 Å². The number of carbonyl (C=O) groups excluding carboxylic acids is 1. The number of nitrogens with one attached hydrogen (secondary N) is 2. The van der Waals surface area contributed by atoms with Crippen molar-refractivity contribution in [1.82, 2.24) is 15.2 Å². The Morgan fingerprint density at radius 2 is 2.04 bits per heavy atom. The van der Waals surface area contributed by atoms with E-state index < -0.39 is 23.4 Å². The number of ether oxygens (including phenoxy) is 1. The van der Waals surface area contributed by atoms with Crippen LogP contribution in [0.1, 0.15) is 31.2 Å². The van der Waals surface area contributed by atoms with Crippen molar-refractivity contribution in [3.63, 3.8) is 0 Å². The van der Waals surface area contributed by atoms with Crippen LogP contribution in [0.3, 0.4) is 0 Å². The minimum Gasteiger partial charge on any atom is -0.481 e. The number of carboxylic acid groups (broad SMARTS) is 1. The smallest absolute Gasteiger partial charge is 0.414 e. The summed E-state index contributed by atoms with van der Waals surface area (Å²) in [6, 6.07) is 9.28. The summed E-state index contributed by atoms with van der Waals surface area (Å²) in [7, 11) is 0. The van der Waals surface area contributed by atoms with Gasteiger partial charge >= 0.3 is 12.1 Å². The minimum atomic E-state index is -0.863. The number of amides is 1. The summed E-state index contributed by atoms with van der Waals surface area (Å²) in [5, 5.41) is 18.2. The molecular weight excluding hydrogens is 312 g/mol. The number of H-pyrrole nitrogens is 1. The first-order chi connectivity index (χ1) is 11.4. The summed E-state index contributed by atoms with van der Waals surface area (Å²) in [6.07, 6.45) is -0.672. The number of anilines is 1. The van der Waals surface area contributed by atoms with E-state index in [1.165, 1.54) is 0 Å². The van der Waals surface area contributed by atoms with Crippen LogP contribution in [0, 0.1) is 11.3 Å². The molecule has 1 aliphatic carbocycles. The average molecular weight is 330 g/mol. The molecule has 0 spiro atoms. The molecule has 1 fully saturated rings. The summed E-state index contributed by atoms with van der Waals surface area (Å²) in [4.78, 5) is 27.1. The molecule has 1 aromatic heterocycles. The fourth-order valence-corrected chi connectivity index (χ4v) is 2.93. The number of hydrogen-bond donors (Lipinski definition) is 3. The van der Waals surface area contributed by atoms with Gasteiger partial charge in [-0.05, 0) is 11.0 Å². The number of carbonyl (C=O) groups is 2. The number of aromatic amines is 1. The quantitative estimate of drug-likeness (QED) is 0.775. The summed E-state index contributed by atoms with van der Waals surface area (Å²) in [5.74, 6) is -1.11. The molecule has 1 saturated carbocycles. The molecule has 2 aromatic rings. The molecule has 24 heavy (non-hydrogen) atoms. The van der Waals surface area contributed by atoms with Crippen LogP contribution in [0.5, 0.6) is 0 Å². The molecule has 126 valence electrons. The second kappa shape index (κ2) is 5.95. The van der Waals surface area contributed by atoms with Crippen LogP contribution < -0.4 is 5.32 Å². The third-order valence-electron chi connectivity index (χ3n) is 4.32. The van der Waals surface area contributed by atoms with E-state index in [1.807, 2.05) is 44.2 Å². The van der Waals surface area contributed by atoms with E-state index in [-0.39, 0.29) is 18.5 Å². The molecule has 1 aliphatic rings. The first-order valence-corrected chi connectivity index (χ1v) is 7.52. The molecule has 8 heteroatoms. The molecule has 0 bridgehead atoms. The standard InChI is InChI=1S/C16H18N4O4/c1-16(2)10(11(16)13(21)22)12-17-14(20-19-12)18-15(23)24-8-9-6-4-3-5-7-9/h3-7,10-11H,8H2,1-2H3,(H,21,22)(H2,17,18,19,20,23)/t10-,11+/m1/s1. The highest BCUT2D eigenvalue weighted by molar-refractivity contribution is 5.82. The van der Waals surface area contributed by atoms with Crippen LogP contribution in [-0.2, 0) is 16.1 Å². The van der Waals surface area contributed by atoms with Crippen molar-refractivity contribution in [2.45, 2.75) is 26.4 Å². The van der Waals surface area contributed by atoms with Crippen LogP contribution in [0.15, 0.2) is 30.3 Å². The van der Waals surface area contributed by atoms with Gasteiger partial charge in [0.25, 0.3) is 5.95 Å². The third-order valence-corrected chi connectivity index (χ3v) is 4.32. The van der Waals surface area contributed by atoms with Gasteiger partial charge in [-0.25, -0.2) is 4.79 Å². The van der Waals surface area contributed by atoms with Gasteiger partial charge in [0.1, 0.15) is 12.4 Å². The lowest BCUT2D eigenvalue weighted by molar-refractivity contribution is -0.139. The van der Waals surface area contributed by atoms with E-state index >= 15 is 0 Å². The van der Waals surface area contributed by atoms with Crippen LogP contribution in [-0.4, -0.2) is 32.4 Å². The van der Waals surface area contributed by atoms with Gasteiger partial charge in [0, 0.05) is 5.92 Å². The van der Waals surface area contributed by atoms with Crippen LogP contribution in [0.2, 0.25) is 0 Å². The Morgan fingerprint density at radius 3 is 2.67 bits per heavy atom. The Morgan fingerprint density at radius 1 is 1.33 bits per heavy atom. The topological polar surface area (TPSA) is 117 Å². The molecule has 2 atom stereocenters. The van der Waals surface area contributed by atoms with Crippen molar-refractivity contribution in [2.75, 3.05) is 5.32 Å². The second-order valence-corrected chi connectivity index (χ2v) is 6.35. The van der Waals surface area contributed by atoms with E-state index in [9.17, 15) is 14.7 Å². The Labute approximate surface area is 138 Å². The van der Waals surface area contributed by atoms with Crippen LogP contribution in [0.4, 0.5) is 10.7 Å². The zero-order valence-electron chi connectivity index (χ0n) is 13.3. The van der Waals surface area contributed by atoms with E-state index in [4.69, 9.17) is 4.74 Å². The van der Waals surface area contributed by atoms with E-state index in [1.54, 1.807) is 0 Å². The predicted octanol–water partition coefficient (Wildman–Crippen LogP) is 2.38. The molecule has 1 aromatic carbocycles. The Balaban J connectivity index is 1.57. The summed E-state index contributed by atoms with van der Waals surface area (Å²) in [5.41, 5.74) is 0.476. The van der Waals surface area contributed by atoms with Crippen LogP contribution in [0.25, 0.3) is 0 Å². The fraction of sp³-hybridized carbons (Fsp3) is 0.375. The van der Waals surface area contributed by atoms with E-state index in [0.29, 0.717) is 5.82 Å². The molecule has 0 saturated heterocycles. The number of aliphatic carboxylic acids is 1. The summed E-state index contributed by atoms with van der Waals surface area (Å²) in [6.45, 7) is 3.86. The number of nitrogens with zero attached hydrogens (tertiary/aromatic N) is 2. The van der Waals surface area contributed by atoms with Gasteiger partial charge in [0.05, 0.1) is 5.92 Å². The first kappa shape index (κ1) is 16.0. The molecule has 0 radical (unpaired) electrons. The molecule has 8 nitrogen and oxygen atoms in total. The lowest BCUT2D eigenvalue weighted by Gasteiger charge is -2.04. The van der Waals surface area contributed by atoms with Crippen molar-refractivity contribution in [3.8, 4) is 0 Å². The highest BCUT2D eigenvalue weighted by Crippen LogP contribution is 2.63. The van der Waals surface area contributed by atoms with E-state index in [0.717, 1.165) is 5.56 Å². The third kappa shape index (κ3) is 3.08. The van der Waals surface area contributed by atoms with Gasteiger partial charge in [-0.1, -0.05) is 44.2 Å². The Bertz CT molecular complexity index is 756. The fourth-order valence-electron chi connectivity index (χ4n) is 2.93. The van der Waals surface area contributed by atoms with Crippen molar-refractivity contribution in [2.24, 2.45) is 11.3 Å². The first-order valence-electron chi connectivity index (χ1n) is 7.52. The van der Waals surface area contributed by atoms with Gasteiger partial charge in [0.2, 0.25) is 0 Å². The highest BCUT2D eigenvalue weighted by Gasteiger charge is 2.64.